The number of rotatable bonds is 6. The number of hydrogen-bond donors (Lipinski definition) is 0. The van der Waals surface area contributed by atoms with Crippen molar-refractivity contribution >= 4 is 60.9 Å². The molecule has 11 aromatic rings. The van der Waals surface area contributed by atoms with E-state index >= 15 is 0 Å². The summed E-state index contributed by atoms with van der Waals surface area (Å²) in [6.07, 6.45) is 0. The fourth-order valence-corrected chi connectivity index (χ4v) is 9.56. The lowest BCUT2D eigenvalue weighted by molar-refractivity contribution is 0.617. The van der Waals surface area contributed by atoms with Gasteiger partial charge in [0.25, 0.3) is 0 Å². The van der Waals surface area contributed by atoms with Crippen LogP contribution in [-0.2, 0) is 5.41 Å². The Hall–Kier alpha value is -7.69. The number of fused-ring (bicyclic) bond motifs is 8. The normalized spacial score (nSPS) is 13.0. The van der Waals surface area contributed by atoms with Crippen molar-refractivity contribution in [2.24, 2.45) is 0 Å². The molecule has 2 heterocycles. The summed E-state index contributed by atoms with van der Waals surface area (Å²) < 4.78 is 12.9. The van der Waals surface area contributed by atoms with Gasteiger partial charge in [-0.2, -0.15) is 0 Å². The lowest BCUT2D eigenvalue weighted by Crippen LogP contribution is -2.16. The van der Waals surface area contributed by atoms with Crippen LogP contribution in [0.5, 0.6) is 0 Å². The van der Waals surface area contributed by atoms with Gasteiger partial charge in [-0.15, -0.1) is 0 Å². The second-order valence-electron chi connectivity index (χ2n) is 16.3. The van der Waals surface area contributed by atoms with Crippen LogP contribution in [0.2, 0.25) is 0 Å². The van der Waals surface area contributed by atoms with Crippen LogP contribution in [0.4, 0.5) is 17.1 Å². The molecule has 0 saturated carbocycles. The number of furan rings is 1. The Morgan fingerprint density at radius 2 is 1.07 bits per heavy atom. The van der Waals surface area contributed by atoms with Crippen LogP contribution in [-0.4, -0.2) is 4.98 Å². The maximum absolute atomic E-state index is 6.66. The lowest BCUT2D eigenvalue weighted by Gasteiger charge is -2.29. The third-order valence-electron chi connectivity index (χ3n) is 12.5. The Bertz CT molecular complexity index is 3440. The van der Waals surface area contributed by atoms with Gasteiger partial charge in [-0.1, -0.05) is 153 Å². The Morgan fingerprint density at radius 3 is 1.88 bits per heavy atom. The summed E-state index contributed by atoms with van der Waals surface area (Å²) >= 11 is 0. The van der Waals surface area contributed by atoms with Crippen molar-refractivity contribution in [2.75, 3.05) is 4.90 Å². The highest BCUT2D eigenvalue weighted by Crippen LogP contribution is 2.54. The molecule has 0 unspecified atom stereocenters. The first-order valence-corrected chi connectivity index (χ1v) is 20.5. The largest absolute Gasteiger partial charge is 0.455 e. The number of aromatic nitrogens is 1. The Morgan fingerprint density at radius 1 is 0.450 bits per heavy atom. The molecule has 12 rings (SSSR count). The van der Waals surface area contributed by atoms with Crippen LogP contribution < -0.4 is 4.90 Å². The number of hydrogen-bond acceptors (Lipinski definition) is 4. The van der Waals surface area contributed by atoms with Gasteiger partial charge in [0.05, 0.1) is 5.69 Å². The van der Waals surface area contributed by atoms with Crippen molar-refractivity contribution < 1.29 is 8.83 Å². The highest BCUT2D eigenvalue weighted by Gasteiger charge is 2.37. The quantitative estimate of drug-likeness (QED) is 0.169. The molecule has 0 saturated heterocycles. The van der Waals surface area contributed by atoms with Crippen LogP contribution >= 0.6 is 0 Å². The predicted molar refractivity (Wildman–Crippen MR) is 247 cm³/mol. The minimum atomic E-state index is -0.121. The minimum absolute atomic E-state index is 0.121. The summed E-state index contributed by atoms with van der Waals surface area (Å²) in [5, 5.41) is 4.56. The van der Waals surface area contributed by atoms with Crippen LogP contribution in [0, 0.1) is 0 Å². The van der Waals surface area contributed by atoms with Gasteiger partial charge >= 0.3 is 0 Å². The van der Waals surface area contributed by atoms with Crippen LogP contribution in [0.1, 0.15) is 25.0 Å². The Balaban J connectivity index is 0.974. The van der Waals surface area contributed by atoms with Crippen molar-refractivity contribution in [1.82, 2.24) is 4.98 Å². The Labute approximate surface area is 347 Å². The molecule has 0 radical (unpaired) electrons. The number of para-hydroxylation sites is 1. The maximum Gasteiger partial charge on any atom is 0.227 e. The van der Waals surface area contributed by atoms with Gasteiger partial charge in [0.2, 0.25) is 5.89 Å². The van der Waals surface area contributed by atoms with Crippen LogP contribution in [0.15, 0.2) is 203 Å². The molecule has 1 aliphatic rings. The van der Waals surface area contributed by atoms with Crippen LogP contribution in [0.3, 0.4) is 0 Å². The van der Waals surface area contributed by atoms with E-state index in [1.165, 1.54) is 44.2 Å². The van der Waals surface area contributed by atoms with Gasteiger partial charge in [-0.05, 0) is 92.7 Å². The Kier molecular flexibility index (Phi) is 7.54. The number of oxazole rings is 1. The minimum Gasteiger partial charge on any atom is -0.455 e. The lowest BCUT2D eigenvalue weighted by atomic mass is 9.82. The zero-order chi connectivity index (χ0) is 40.0. The summed E-state index contributed by atoms with van der Waals surface area (Å²) in [6, 6.07) is 69.2. The molecular weight excluding hydrogens is 733 g/mol. The van der Waals surface area contributed by atoms with Crippen LogP contribution in [0.25, 0.3) is 88.6 Å². The first-order chi connectivity index (χ1) is 29.5. The first-order valence-electron chi connectivity index (χ1n) is 20.5. The molecule has 1 aliphatic carbocycles. The fraction of sp³-hybridized carbons (Fsp3) is 0.0536. The van der Waals surface area contributed by atoms with E-state index in [9.17, 15) is 0 Å². The van der Waals surface area contributed by atoms with Crippen molar-refractivity contribution in [3.8, 4) is 44.8 Å². The molecule has 284 valence electrons. The fourth-order valence-electron chi connectivity index (χ4n) is 9.56. The molecule has 0 fully saturated rings. The smallest absolute Gasteiger partial charge is 0.227 e. The molecule has 0 N–H and O–H groups in total. The summed E-state index contributed by atoms with van der Waals surface area (Å²) in [4.78, 5) is 7.26. The molecule has 0 aliphatic heterocycles. The molecule has 4 heteroatoms. The van der Waals surface area contributed by atoms with E-state index < -0.39 is 0 Å². The molecule has 0 atom stereocenters. The molecule has 0 spiro atoms. The van der Waals surface area contributed by atoms with E-state index in [0.717, 1.165) is 61.2 Å². The van der Waals surface area contributed by atoms with Crippen molar-refractivity contribution in [2.45, 2.75) is 19.3 Å². The zero-order valence-electron chi connectivity index (χ0n) is 33.2. The topological polar surface area (TPSA) is 42.4 Å². The average Bonchev–Trinajstić information content (AvgIpc) is 3.96. The van der Waals surface area contributed by atoms with E-state index in [4.69, 9.17) is 13.8 Å². The average molecular weight is 771 g/mol. The van der Waals surface area contributed by atoms with Gasteiger partial charge in [0.15, 0.2) is 5.58 Å². The number of nitrogens with zero attached hydrogens (tertiary/aromatic N) is 2. The summed E-state index contributed by atoms with van der Waals surface area (Å²) in [5.74, 6) is 0.603. The third-order valence-corrected chi connectivity index (χ3v) is 12.5. The molecule has 2 aromatic heterocycles. The van der Waals surface area contributed by atoms with Gasteiger partial charge in [-0.25, -0.2) is 4.98 Å². The predicted octanol–water partition coefficient (Wildman–Crippen LogP) is 15.7. The zero-order valence-corrected chi connectivity index (χ0v) is 33.2. The first kappa shape index (κ1) is 34.4. The van der Waals surface area contributed by atoms with E-state index in [1.54, 1.807) is 0 Å². The summed E-state index contributed by atoms with van der Waals surface area (Å²) in [6.45, 7) is 4.68. The van der Waals surface area contributed by atoms with Gasteiger partial charge in [0, 0.05) is 50.3 Å². The second kappa shape index (κ2) is 13.2. The van der Waals surface area contributed by atoms with E-state index in [1.807, 2.05) is 36.4 Å². The van der Waals surface area contributed by atoms with Gasteiger partial charge in [-0.3, -0.25) is 0 Å². The molecule has 0 bridgehead atoms. The maximum atomic E-state index is 6.66. The monoisotopic (exact) mass is 770 g/mol. The van der Waals surface area contributed by atoms with E-state index in [-0.39, 0.29) is 5.41 Å². The highest BCUT2D eigenvalue weighted by atomic mass is 16.4. The second-order valence-corrected chi connectivity index (χ2v) is 16.3. The van der Waals surface area contributed by atoms with Gasteiger partial charge in [0.1, 0.15) is 16.7 Å². The van der Waals surface area contributed by atoms with Crippen molar-refractivity contribution in [3.63, 3.8) is 0 Å². The number of benzene rings is 9. The van der Waals surface area contributed by atoms with Gasteiger partial charge < -0.3 is 13.7 Å². The summed E-state index contributed by atoms with van der Waals surface area (Å²) in [7, 11) is 0. The third kappa shape index (κ3) is 5.27. The highest BCUT2D eigenvalue weighted by molar-refractivity contribution is 6.12. The molecule has 9 aromatic carbocycles. The van der Waals surface area contributed by atoms with Crippen molar-refractivity contribution in [3.05, 3.63) is 205 Å². The molecular formula is C56H38N2O2. The summed E-state index contributed by atoms with van der Waals surface area (Å²) in [5.41, 5.74) is 17.1. The molecule has 60 heavy (non-hydrogen) atoms. The number of anilines is 3. The molecule has 0 amide bonds. The molecule has 4 nitrogen and oxygen atoms in total. The van der Waals surface area contributed by atoms with Crippen molar-refractivity contribution in [1.29, 1.82) is 0 Å². The SMILES string of the molecule is CC1(C)c2ccccc2-c2c(N(c3ccc(-c4cccc5ccccc45)cc3)c3ccc(-c4cccc5c4oc4cc6oc(-c7ccccc7)nc6cc45)cc3)cccc21. The van der Waals surface area contributed by atoms with E-state index in [0.29, 0.717) is 11.5 Å². The van der Waals surface area contributed by atoms with E-state index in [2.05, 4.69) is 176 Å². The standard InChI is InChI=1S/C56H38N2O2/c1-56(2)47-22-9-8-18-45(47)53-48(56)23-12-24-50(53)58(39-29-25-36(26-30-39)42-19-10-16-35-13-6-7-17-41(35)42)40-31-27-37(28-32-40)43-20-11-21-44-46-33-49-52(34-51(46)59-54(43)44)60-55(57-49)38-14-4-3-5-15-38/h3-34H,1-2H3.